The fourth-order valence-corrected chi connectivity index (χ4v) is 2.67. The van der Waals surface area contributed by atoms with Crippen molar-refractivity contribution < 1.29 is 0 Å². The molecule has 0 aliphatic heterocycles. The predicted molar refractivity (Wildman–Crippen MR) is 75.4 cm³/mol. The molecule has 0 fully saturated rings. The van der Waals surface area contributed by atoms with Crippen LogP contribution < -0.4 is 0 Å². The van der Waals surface area contributed by atoms with Crippen molar-refractivity contribution in [2.24, 2.45) is 5.92 Å². The summed E-state index contributed by atoms with van der Waals surface area (Å²) in [4.78, 5) is 0. The molecule has 0 nitrogen and oxygen atoms in total. The molecular weight excluding hydrogens is 216 g/mol. The molecule has 1 aliphatic rings. The highest BCUT2D eigenvalue weighted by atomic mass is 14.3. The lowest BCUT2D eigenvalue weighted by Crippen LogP contribution is -2.00. The number of benzene rings is 2. The Hall–Kier alpha value is -2.00. The molecule has 0 N–H and O–H groups in total. The molecule has 18 heavy (non-hydrogen) atoms. The smallest absolute Gasteiger partial charge is 0.0313 e. The van der Waals surface area contributed by atoms with Crippen molar-refractivity contribution >= 4 is 0 Å². The minimum atomic E-state index is 0.461. The highest BCUT2D eigenvalue weighted by Crippen LogP contribution is 2.36. The Morgan fingerprint density at radius 2 is 1.67 bits per heavy atom. The van der Waals surface area contributed by atoms with Crippen molar-refractivity contribution in [3.63, 3.8) is 0 Å². The zero-order chi connectivity index (χ0) is 12.4. The first-order valence-corrected chi connectivity index (χ1v) is 6.49. The lowest BCUT2D eigenvalue weighted by atomic mass is 9.95. The Labute approximate surface area is 109 Å². The fraction of sp³-hybridized carbons (Fsp3) is 0.222. The van der Waals surface area contributed by atoms with Gasteiger partial charge in [-0.2, -0.15) is 0 Å². The van der Waals surface area contributed by atoms with Gasteiger partial charge in [0, 0.05) is 11.5 Å². The van der Waals surface area contributed by atoms with E-state index in [0.29, 0.717) is 11.8 Å². The maximum Gasteiger partial charge on any atom is 0.0313 e. The van der Waals surface area contributed by atoms with E-state index >= 15 is 0 Å². The Balaban J connectivity index is 1.84. The van der Waals surface area contributed by atoms with E-state index in [-0.39, 0.29) is 0 Å². The first-order valence-electron chi connectivity index (χ1n) is 6.49. The second-order valence-electron chi connectivity index (χ2n) is 4.93. The van der Waals surface area contributed by atoms with Gasteiger partial charge < -0.3 is 0 Å². The molecule has 0 amide bonds. The van der Waals surface area contributed by atoms with Crippen molar-refractivity contribution in [3.05, 3.63) is 71.3 Å². The molecule has 0 heterocycles. The Kier molecular flexibility index (Phi) is 2.90. The highest BCUT2D eigenvalue weighted by Gasteiger charge is 2.26. The van der Waals surface area contributed by atoms with Gasteiger partial charge in [0.1, 0.15) is 0 Å². The Morgan fingerprint density at radius 1 is 0.944 bits per heavy atom. The van der Waals surface area contributed by atoms with Crippen molar-refractivity contribution in [2.45, 2.75) is 19.3 Å². The largest absolute Gasteiger partial charge is 0.0935 e. The number of fused-ring (bicyclic) bond motifs is 1. The molecule has 88 valence electrons. The van der Waals surface area contributed by atoms with Gasteiger partial charge in [0.2, 0.25) is 0 Å². The number of hydrogen-bond donors (Lipinski definition) is 0. The van der Waals surface area contributed by atoms with Crippen molar-refractivity contribution in [1.82, 2.24) is 0 Å². The van der Waals surface area contributed by atoms with Crippen LogP contribution in [-0.4, -0.2) is 0 Å². The molecule has 0 radical (unpaired) electrons. The van der Waals surface area contributed by atoms with E-state index in [1.165, 1.54) is 11.1 Å². The summed E-state index contributed by atoms with van der Waals surface area (Å²) < 4.78 is 0. The van der Waals surface area contributed by atoms with Crippen LogP contribution in [0.3, 0.4) is 0 Å². The molecular formula is C18H16. The standard InChI is InChI=1S/C18H16/c1-14-16(12-11-15-7-3-2-4-8-15)13-17-9-5-6-10-18(14)17/h2-10,14,16H,13H2,1H3/t14-,16+/m0/s1. The third kappa shape index (κ3) is 2.05. The average molecular weight is 232 g/mol. The van der Waals surface area contributed by atoms with Crippen molar-refractivity contribution in [1.29, 1.82) is 0 Å². The van der Waals surface area contributed by atoms with Crippen LogP contribution in [0.5, 0.6) is 0 Å². The van der Waals surface area contributed by atoms with Gasteiger partial charge in [-0.25, -0.2) is 0 Å². The van der Waals surface area contributed by atoms with Crippen molar-refractivity contribution in [2.75, 3.05) is 0 Å². The van der Waals surface area contributed by atoms with E-state index < -0.39 is 0 Å². The van der Waals surface area contributed by atoms with Crippen LogP contribution in [0.15, 0.2) is 54.6 Å². The van der Waals surface area contributed by atoms with Crippen LogP contribution in [0.25, 0.3) is 0 Å². The molecule has 3 rings (SSSR count). The Bertz CT molecular complexity index is 599. The van der Waals surface area contributed by atoms with Gasteiger partial charge in [-0.15, -0.1) is 0 Å². The third-order valence-corrected chi connectivity index (χ3v) is 3.76. The summed E-state index contributed by atoms with van der Waals surface area (Å²) in [6.07, 6.45) is 1.09. The minimum absolute atomic E-state index is 0.461. The summed E-state index contributed by atoms with van der Waals surface area (Å²) in [6, 6.07) is 19.0. The topological polar surface area (TPSA) is 0 Å². The second-order valence-corrected chi connectivity index (χ2v) is 4.93. The van der Waals surface area contributed by atoms with Crippen LogP contribution >= 0.6 is 0 Å². The molecule has 0 bridgehead atoms. The lowest BCUT2D eigenvalue weighted by Gasteiger charge is -2.08. The first-order chi connectivity index (χ1) is 8.84. The van der Waals surface area contributed by atoms with Gasteiger partial charge in [-0.3, -0.25) is 0 Å². The fourth-order valence-electron chi connectivity index (χ4n) is 2.67. The summed E-state index contributed by atoms with van der Waals surface area (Å²) >= 11 is 0. The molecule has 2 aromatic carbocycles. The first kappa shape index (κ1) is 11.1. The SMILES string of the molecule is C[C@@H]1c2ccccc2C[C@H]1C#Cc1ccccc1. The molecule has 1 aliphatic carbocycles. The van der Waals surface area contributed by atoms with Crippen LogP contribution in [0.4, 0.5) is 0 Å². The van der Waals surface area contributed by atoms with Crippen molar-refractivity contribution in [3.8, 4) is 11.8 Å². The van der Waals surface area contributed by atoms with Crippen LogP contribution in [0.1, 0.15) is 29.5 Å². The van der Waals surface area contributed by atoms with E-state index in [2.05, 4.69) is 55.2 Å². The Morgan fingerprint density at radius 3 is 2.44 bits per heavy atom. The van der Waals surface area contributed by atoms with E-state index in [0.717, 1.165) is 12.0 Å². The van der Waals surface area contributed by atoms with Crippen LogP contribution in [0, 0.1) is 17.8 Å². The normalized spacial score (nSPS) is 20.9. The maximum atomic E-state index is 3.44. The molecule has 0 heteroatoms. The van der Waals surface area contributed by atoms with Gasteiger partial charge in [0.05, 0.1) is 0 Å². The monoisotopic (exact) mass is 232 g/mol. The van der Waals surface area contributed by atoms with Crippen LogP contribution in [-0.2, 0) is 6.42 Å². The zero-order valence-electron chi connectivity index (χ0n) is 10.6. The molecule has 0 saturated carbocycles. The molecule has 0 saturated heterocycles. The van der Waals surface area contributed by atoms with E-state index in [4.69, 9.17) is 0 Å². The number of rotatable bonds is 0. The molecule has 2 atom stereocenters. The summed E-state index contributed by atoms with van der Waals surface area (Å²) in [5, 5.41) is 0. The minimum Gasteiger partial charge on any atom is -0.0935 e. The van der Waals surface area contributed by atoms with E-state index in [9.17, 15) is 0 Å². The highest BCUT2D eigenvalue weighted by molar-refractivity contribution is 5.41. The van der Waals surface area contributed by atoms with Gasteiger partial charge in [0.15, 0.2) is 0 Å². The van der Waals surface area contributed by atoms with E-state index in [1.54, 1.807) is 0 Å². The summed E-state index contributed by atoms with van der Waals surface area (Å²) in [6.45, 7) is 2.29. The number of hydrogen-bond acceptors (Lipinski definition) is 0. The van der Waals surface area contributed by atoms with E-state index in [1.807, 2.05) is 18.2 Å². The third-order valence-electron chi connectivity index (χ3n) is 3.76. The average Bonchev–Trinajstić information content (AvgIpc) is 2.75. The maximum absolute atomic E-state index is 3.44. The lowest BCUT2D eigenvalue weighted by molar-refractivity contribution is 0.612. The molecule has 0 aromatic heterocycles. The summed E-state index contributed by atoms with van der Waals surface area (Å²) in [5.74, 6) is 7.76. The summed E-state index contributed by atoms with van der Waals surface area (Å²) in [5.41, 5.74) is 4.06. The molecule has 0 unspecified atom stereocenters. The molecule has 0 spiro atoms. The van der Waals surface area contributed by atoms with Gasteiger partial charge in [0.25, 0.3) is 0 Å². The van der Waals surface area contributed by atoms with Gasteiger partial charge in [-0.1, -0.05) is 61.2 Å². The molecule has 2 aromatic rings. The zero-order valence-corrected chi connectivity index (χ0v) is 10.6. The summed E-state index contributed by atoms with van der Waals surface area (Å²) in [7, 11) is 0. The van der Waals surface area contributed by atoms with Crippen LogP contribution in [0.2, 0.25) is 0 Å². The quantitative estimate of drug-likeness (QED) is 0.602. The van der Waals surface area contributed by atoms with Gasteiger partial charge >= 0.3 is 0 Å². The predicted octanol–water partition coefficient (Wildman–Crippen LogP) is 4.01. The van der Waals surface area contributed by atoms with Gasteiger partial charge in [-0.05, 0) is 35.6 Å². The second kappa shape index (κ2) is 4.70.